The predicted octanol–water partition coefficient (Wildman–Crippen LogP) is 2.69. The van der Waals surface area contributed by atoms with Crippen LogP contribution in [-0.4, -0.2) is 20.1 Å². The smallest absolute Gasteiger partial charge is 0.0459 e. The first-order chi connectivity index (χ1) is 7.20. The Labute approximate surface area is 97.0 Å². The van der Waals surface area contributed by atoms with Crippen LogP contribution in [0.5, 0.6) is 0 Å². The summed E-state index contributed by atoms with van der Waals surface area (Å²) >= 11 is 6.17. The highest BCUT2D eigenvalue weighted by Gasteiger charge is 2.09. The normalized spacial score (nSPS) is 10.4. The molecular weight excluding hydrogens is 208 g/mol. The summed E-state index contributed by atoms with van der Waals surface area (Å²) in [4.78, 5) is 2.23. The number of hydrogen-bond acceptors (Lipinski definition) is 2. The molecule has 2 nitrogen and oxygen atoms in total. The second-order valence-electron chi connectivity index (χ2n) is 3.70. The van der Waals surface area contributed by atoms with Gasteiger partial charge in [-0.3, -0.25) is 0 Å². The molecule has 0 spiro atoms. The highest BCUT2D eigenvalue weighted by Crippen LogP contribution is 2.27. The van der Waals surface area contributed by atoms with Crippen molar-refractivity contribution in [2.75, 3.05) is 25.0 Å². The number of nitrogens with zero attached hydrogens (tertiary/aromatic N) is 1. The van der Waals surface area contributed by atoms with Crippen LogP contribution in [0.1, 0.15) is 18.9 Å². The van der Waals surface area contributed by atoms with Gasteiger partial charge in [-0.15, -0.1) is 0 Å². The SMILES string of the molecule is CCCN(C)c1cccc(Cl)c1CCN. The van der Waals surface area contributed by atoms with Crippen LogP contribution in [0.4, 0.5) is 5.69 Å². The first kappa shape index (κ1) is 12.3. The van der Waals surface area contributed by atoms with Crippen LogP contribution in [0.2, 0.25) is 5.02 Å². The van der Waals surface area contributed by atoms with Gasteiger partial charge in [0.25, 0.3) is 0 Å². The minimum atomic E-state index is 0.636. The predicted molar refractivity (Wildman–Crippen MR) is 67.8 cm³/mol. The van der Waals surface area contributed by atoms with Crippen molar-refractivity contribution < 1.29 is 0 Å². The highest BCUT2D eigenvalue weighted by molar-refractivity contribution is 6.31. The van der Waals surface area contributed by atoms with Crippen LogP contribution in [0.25, 0.3) is 0 Å². The second-order valence-corrected chi connectivity index (χ2v) is 4.10. The fourth-order valence-corrected chi connectivity index (χ4v) is 2.02. The number of anilines is 1. The Hall–Kier alpha value is -0.730. The molecule has 15 heavy (non-hydrogen) atoms. The average Bonchev–Trinajstić information content (AvgIpc) is 2.21. The molecule has 0 atom stereocenters. The van der Waals surface area contributed by atoms with Crippen LogP contribution < -0.4 is 10.6 Å². The van der Waals surface area contributed by atoms with Crippen molar-refractivity contribution in [1.82, 2.24) is 0 Å². The molecule has 0 bridgehead atoms. The Morgan fingerprint density at radius 3 is 2.73 bits per heavy atom. The summed E-state index contributed by atoms with van der Waals surface area (Å²) in [5, 5.41) is 0.820. The van der Waals surface area contributed by atoms with E-state index in [-0.39, 0.29) is 0 Å². The highest BCUT2D eigenvalue weighted by atomic mass is 35.5. The lowest BCUT2D eigenvalue weighted by Crippen LogP contribution is -2.20. The van der Waals surface area contributed by atoms with Crippen molar-refractivity contribution >= 4 is 17.3 Å². The lowest BCUT2D eigenvalue weighted by Gasteiger charge is -2.22. The minimum Gasteiger partial charge on any atom is -0.374 e. The van der Waals surface area contributed by atoms with Gasteiger partial charge in [0, 0.05) is 24.3 Å². The molecule has 0 aromatic heterocycles. The van der Waals surface area contributed by atoms with E-state index >= 15 is 0 Å². The third-order valence-corrected chi connectivity index (χ3v) is 2.81. The monoisotopic (exact) mass is 226 g/mol. The molecule has 3 heteroatoms. The maximum atomic E-state index is 6.17. The molecule has 0 fully saturated rings. The summed E-state index contributed by atoms with van der Waals surface area (Å²) in [6, 6.07) is 6.02. The van der Waals surface area contributed by atoms with E-state index in [1.165, 1.54) is 5.69 Å². The van der Waals surface area contributed by atoms with E-state index in [1.807, 2.05) is 12.1 Å². The van der Waals surface area contributed by atoms with Gasteiger partial charge in [0.2, 0.25) is 0 Å². The van der Waals surface area contributed by atoms with E-state index in [0.717, 1.165) is 30.0 Å². The molecule has 1 aromatic rings. The fraction of sp³-hybridized carbons (Fsp3) is 0.500. The lowest BCUT2D eigenvalue weighted by atomic mass is 10.1. The number of nitrogens with two attached hydrogens (primary N) is 1. The van der Waals surface area contributed by atoms with Crippen LogP contribution in [0.3, 0.4) is 0 Å². The number of hydrogen-bond donors (Lipinski definition) is 1. The van der Waals surface area contributed by atoms with E-state index in [2.05, 4.69) is 24.9 Å². The van der Waals surface area contributed by atoms with Crippen LogP contribution in [0.15, 0.2) is 18.2 Å². The van der Waals surface area contributed by atoms with Crippen molar-refractivity contribution in [3.8, 4) is 0 Å². The summed E-state index contributed by atoms with van der Waals surface area (Å²) in [7, 11) is 2.09. The zero-order valence-electron chi connectivity index (χ0n) is 9.46. The molecule has 0 saturated heterocycles. The molecule has 1 rings (SSSR count). The van der Waals surface area contributed by atoms with Gasteiger partial charge in [0.1, 0.15) is 0 Å². The molecule has 0 radical (unpaired) electrons. The first-order valence-corrected chi connectivity index (χ1v) is 5.77. The van der Waals surface area contributed by atoms with Crippen LogP contribution in [0, 0.1) is 0 Å². The third kappa shape index (κ3) is 3.11. The Morgan fingerprint density at radius 1 is 1.40 bits per heavy atom. The number of halogens is 1. The largest absolute Gasteiger partial charge is 0.374 e. The zero-order chi connectivity index (χ0) is 11.3. The van der Waals surface area contributed by atoms with Crippen molar-refractivity contribution in [2.24, 2.45) is 5.73 Å². The Bertz CT molecular complexity index is 312. The minimum absolute atomic E-state index is 0.636. The second kappa shape index (κ2) is 5.99. The molecule has 1 aromatic carbocycles. The fourth-order valence-electron chi connectivity index (χ4n) is 1.75. The van der Waals surface area contributed by atoms with Crippen LogP contribution >= 0.6 is 11.6 Å². The summed E-state index contributed by atoms with van der Waals surface area (Å²) < 4.78 is 0. The van der Waals surface area contributed by atoms with Crippen molar-refractivity contribution in [3.05, 3.63) is 28.8 Å². The van der Waals surface area contributed by atoms with Gasteiger partial charge in [0.05, 0.1) is 0 Å². The lowest BCUT2D eigenvalue weighted by molar-refractivity contribution is 0.840. The summed E-state index contributed by atoms with van der Waals surface area (Å²) in [6.07, 6.45) is 1.97. The van der Waals surface area contributed by atoms with E-state index in [0.29, 0.717) is 6.54 Å². The Kier molecular flexibility index (Phi) is 4.92. The van der Waals surface area contributed by atoms with Gasteiger partial charge in [0.15, 0.2) is 0 Å². The zero-order valence-corrected chi connectivity index (χ0v) is 10.2. The van der Waals surface area contributed by atoms with Crippen LogP contribution in [-0.2, 0) is 6.42 Å². The molecule has 0 aliphatic heterocycles. The molecule has 0 aliphatic carbocycles. The molecule has 0 aliphatic rings. The maximum Gasteiger partial charge on any atom is 0.0459 e. The Morgan fingerprint density at radius 2 is 2.13 bits per heavy atom. The van der Waals surface area contributed by atoms with E-state index in [1.54, 1.807) is 0 Å². The summed E-state index contributed by atoms with van der Waals surface area (Å²) in [6.45, 7) is 3.85. The molecule has 84 valence electrons. The molecule has 0 saturated carbocycles. The van der Waals surface area contributed by atoms with Crippen molar-refractivity contribution in [2.45, 2.75) is 19.8 Å². The standard InChI is InChI=1S/C12H19ClN2/c1-3-9-15(2)12-6-4-5-11(13)10(12)7-8-14/h4-6H,3,7-9,14H2,1-2H3. The topological polar surface area (TPSA) is 29.3 Å². The first-order valence-electron chi connectivity index (χ1n) is 5.39. The number of benzene rings is 1. The van der Waals surface area contributed by atoms with Crippen molar-refractivity contribution in [3.63, 3.8) is 0 Å². The van der Waals surface area contributed by atoms with Gasteiger partial charge in [-0.05, 0) is 37.1 Å². The molecule has 0 unspecified atom stereocenters. The quantitative estimate of drug-likeness (QED) is 0.837. The average molecular weight is 227 g/mol. The van der Waals surface area contributed by atoms with Crippen molar-refractivity contribution in [1.29, 1.82) is 0 Å². The molecule has 2 N–H and O–H groups in total. The van der Waals surface area contributed by atoms with Gasteiger partial charge < -0.3 is 10.6 Å². The van der Waals surface area contributed by atoms with E-state index < -0.39 is 0 Å². The van der Waals surface area contributed by atoms with Gasteiger partial charge in [-0.2, -0.15) is 0 Å². The maximum absolute atomic E-state index is 6.17. The van der Waals surface area contributed by atoms with E-state index in [9.17, 15) is 0 Å². The Balaban J connectivity index is 2.99. The molecular formula is C12H19ClN2. The molecule has 0 amide bonds. The number of rotatable bonds is 5. The van der Waals surface area contributed by atoms with Gasteiger partial charge in [-0.25, -0.2) is 0 Å². The third-order valence-electron chi connectivity index (χ3n) is 2.46. The van der Waals surface area contributed by atoms with Gasteiger partial charge >= 0.3 is 0 Å². The summed E-state index contributed by atoms with van der Waals surface area (Å²) in [5.74, 6) is 0. The molecule has 0 heterocycles. The summed E-state index contributed by atoms with van der Waals surface area (Å²) in [5.41, 5.74) is 7.96. The van der Waals surface area contributed by atoms with Gasteiger partial charge in [-0.1, -0.05) is 24.6 Å². The van der Waals surface area contributed by atoms with E-state index in [4.69, 9.17) is 17.3 Å².